The van der Waals surface area contributed by atoms with Gasteiger partial charge in [-0.3, -0.25) is 4.79 Å². The highest BCUT2D eigenvalue weighted by molar-refractivity contribution is 8.18. The lowest BCUT2D eigenvalue weighted by atomic mass is 10.2. The second kappa shape index (κ2) is 6.44. The summed E-state index contributed by atoms with van der Waals surface area (Å²) in [6, 6.07) is 10.9. The molecule has 1 fully saturated rings. The quantitative estimate of drug-likeness (QED) is 0.804. The number of hydrogen-bond donors (Lipinski definition) is 2. The molecule has 1 heterocycles. The Morgan fingerprint density at radius 3 is 2.78 bits per heavy atom. The number of phenolic OH excluding ortho intramolecular Hbond substituents is 1. The van der Waals surface area contributed by atoms with Crippen LogP contribution < -0.4 is 5.32 Å². The third-order valence-electron chi connectivity index (χ3n) is 2.99. The number of para-hydroxylation sites is 1. The molecule has 0 saturated carbocycles. The highest BCUT2D eigenvalue weighted by Crippen LogP contribution is 2.31. The van der Waals surface area contributed by atoms with Crippen molar-refractivity contribution in [1.29, 1.82) is 0 Å². The van der Waals surface area contributed by atoms with Crippen LogP contribution in [0.3, 0.4) is 0 Å². The number of benzene rings is 2. The molecule has 2 aromatic carbocycles. The second-order valence-corrected chi connectivity index (χ2v) is 6.08. The highest BCUT2D eigenvalue weighted by atomic mass is 35.5. The van der Waals surface area contributed by atoms with Gasteiger partial charge < -0.3 is 10.4 Å². The lowest BCUT2D eigenvalue weighted by Crippen LogP contribution is -2.19. The van der Waals surface area contributed by atoms with Crippen LogP contribution in [0.2, 0.25) is 5.02 Å². The summed E-state index contributed by atoms with van der Waals surface area (Å²) in [4.78, 5) is 16.6. The number of aliphatic imine (C=N–C) groups is 1. The molecule has 0 bridgehead atoms. The molecule has 0 unspecified atom stereocenters. The molecule has 1 amide bonds. The van der Waals surface area contributed by atoms with Crippen LogP contribution in [0.1, 0.15) is 5.56 Å². The summed E-state index contributed by atoms with van der Waals surface area (Å²) in [6.45, 7) is 0. The Morgan fingerprint density at radius 1 is 1.26 bits per heavy atom. The van der Waals surface area contributed by atoms with E-state index in [9.17, 15) is 14.3 Å². The average Bonchev–Trinajstić information content (AvgIpc) is 2.85. The summed E-state index contributed by atoms with van der Waals surface area (Å²) in [5, 5.41) is 12.7. The van der Waals surface area contributed by atoms with Crippen molar-refractivity contribution in [3.05, 3.63) is 63.8 Å². The lowest BCUT2D eigenvalue weighted by Gasteiger charge is -1.98. The van der Waals surface area contributed by atoms with E-state index in [0.717, 1.165) is 17.8 Å². The lowest BCUT2D eigenvalue weighted by molar-refractivity contribution is -0.115. The molecular formula is C16H10ClFN2O2S. The first kappa shape index (κ1) is 15.6. The number of carbonyl (C=O) groups excluding carboxylic acids is 1. The van der Waals surface area contributed by atoms with Gasteiger partial charge in [0.1, 0.15) is 0 Å². The minimum Gasteiger partial charge on any atom is -0.505 e. The predicted molar refractivity (Wildman–Crippen MR) is 90.3 cm³/mol. The van der Waals surface area contributed by atoms with Gasteiger partial charge in [0.05, 0.1) is 15.6 Å². The van der Waals surface area contributed by atoms with E-state index in [2.05, 4.69) is 10.3 Å². The number of phenols is 1. The maximum absolute atomic E-state index is 13.3. The molecule has 23 heavy (non-hydrogen) atoms. The number of nitrogens with zero attached hydrogens (tertiary/aromatic N) is 1. The summed E-state index contributed by atoms with van der Waals surface area (Å²) >= 11 is 7.16. The van der Waals surface area contributed by atoms with Gasteiger partial charge in [-0.25, -0.2) is 9.38 Å². The molecule has 116 valence electrons. The highest BCUT2D eigenvalue weighted by Gasteiger charge is 2.24. The Morgan fingerprint density at radius 2 is 2.04 bits per heavy atom. The largest absolute Gasteiger partial charge is 0.505 e. The van der Waals surface area contributed by atoms with Crippen LogP contribution in [0.25, 0.3) is 6.08 Å². The Kier molecular flexibility index (Phi) is 4.36. The normalized spacial score (nSPS) is 17.7. The molecule has 3 rings (SSSR count). The van der Waals surface area contributed by atoms with Crippen LogP contribution in [-0.2, 0) is 4.79 Å². The van der Waals surface area contributed by atoms with Crippen LogP contribution in [0, 0.1) is 5.82 Å². The van der Waals surface area contributed by atoms with Gasteiger partial charge in [-0.15, -0.1) is 0 Å². The van der Waals surface area contributed by atoms with E-state index in [1.54, 1.807) is 24.3 Å². The van der Waals surface area contributed by atoms with Crippen molar-refractivity contribution in [2.45, 2.75) is 0 Å². The van der Waals surface area contributed by atoms with Crippen molar-refractivity contribution in [1.82, 2.24) is 5.32 Å². The fourth-order valence-electron chi connectivity index (χ4n) is 1.90. The fourth-order valence-corrected chi connectivity index (χ4v) is 2.91. The number of halogens is 2. The Balaban J connectivity index is 1.86. The molecule has 0 radical (unpaired) electrons. The van der Waals surface area contributed by atoms with Gasteiger partial charge in [-0.1, -0.05) is 29.8 Å². The molecule has 0 aliphatic carbocycles. The number of rotatable bonds is 2. The molecule has 1 aliphatic heterocycles. The Labute approximate surface area is 140 Å². The van der Waals surface area contributed by atoms with Crippen molar-refractivity contribution in [2.75, 3.05) is 0 Å². The number of aromatic hydroxyl groups is 1. The summed E-state index contributed by atoms with van der Waals surface area (Å²) in [5.74, 6) is -1.50. The number of amides is 1. The second-order valence-electron chi connectivity index (χ2n) is 4.64. The molecule has 0 aromatic heterocycles. The number of thioether (sulfide) groups is 1. The number of nitrogens with one attached hydrogen (secondary N) is 1. The zero-order valence-corrected chi connectivity index (χ0v) is 13.2. The summed E-state index contributed by atoms with van der Waals surface area (Å²) in [6.07, 6.45) is 1.53. The number of carbonyl (C=O) groups is 1. The van der Waals surface area contributed by atoms with Gasteiger partial charge in [-0.2, -0.15) is 0 Å². The van der Waals surface area contributed by atoms with Crippen LogP contribution in [0.15, 0.2) is 52.4 Å². The van der Waals surface area contributed by atoms with E-state index < -0.39 is 11.6 Å². The van der Waals surface area contributed by atoms with Crippen molar-refractivity contribution in [3.8, 4) is 5.75 Å². The summed E-state index contributed by atoms with van der Waals surface area (Å²) in [5.41, 5.74) is 1.02. The summed E-state index contributed by atoms with van der Waals surface area (Å²) in [7, 11) is 0. The molecule has 4 nitrogen and oxygen atoms in total. The van der Waals surface area contributed by atoms with E-state index in [1.165, 1.54) is 18.2 Å². The van der Waals surface area contributed by atoms with Crippen molar-refractivity contribution in [3.63, 3.8) is 0 Å². The van der Waals surface area contributed by atoms with Crippen molar-refractivity contribution in [2.24, 2.45) is 4.99 Å². The Hall–Kier alpha value is -2.31. The average molecular weight is 349 g/mol. The maximum Gasteiger partial charge on any atom is 0.264 e. The first-order valence-electron chi connectivity index (χ1n) is 6.55. The van der Waals surface area contributed by atoms with E-state index in [0.29, 0.717) is 26.3 Å². The maximum atomic E-state index is 13.3. The summed E-state index contributed by atoms with van der Waals surface area (Å²) < 4.78 is 13.3. The predicted octanol–water partition coefficient (Wildman–Crippen LogP) is 4.08. The third-order valence-corrected chi connectivity index (χ3v) is 4.22. The van der Waals surface area contributed by atoms with Crippen LogP contribution in [0.5, 0.6) is 5.75 Å². The minimum absolute atomic E-state index is 0.325. The van der Waals surface area contributed by atoms with Crippen LogP contribution in [-0.4, -0.2) is 16.2 Å². The van der Waals surface area contributed by atoms with Crippen LogP contribution >= 0.6 is 23.4 Å². The van der Waals surface area contributed by atoms with Crippen molar-refractivity contribution >= 4 is 46.2 Å². The zero-order valence-electron chi connectivity index (χ0n) is 11.6. The molecule has 7 heteroatoms. The van der Waals surface area contributed by atoms with Gasteiger partial charge in [0.2, 0.25) is 0 Å². The first-order valence-corrected chi connectivity index (χ1v) is 7.75. The van der Waals surface area contributed by atoms with E-state index >= 15 is 0 Å². The third kappa shape index (κ3) is 3.55. The minimum atomic E-state index is -0.743. The zero-order chi connectivity index (χ0) is 16.4. The molecule has 0 spiro atoms. The molecule has 2 N–H and O–H groups in total. The standard InChI is InChI=1S/C16H10ClFN2O2S/c17-10-3-1-2-4-12(10)19-16-20-15(22)14(23-16)8-9-5-6-13(21)11(18)7-9/h1-8,21H,(H,19,20,22)/b14-8-. The monoisotopic (exact) mass is 348 g/mol. The number of amidine groups is 1. The van der Waals surface area contributed by atoms with E-state index in [1.807, 2.05) is 0 Å². The molecular weight excluding hydrogens is 339 g/mol. The van der Waals surface area contributed by atoms with Crippen molar-refractivity contribution < 1.29 is 14.3 Å². The molecule has 1 saturated heterocycles. The fraction of sp³-hybridized carbons (Fsp3) is 0. The molecule has 1 aliphatic rings. The molecule has 2 aromatic rings. The smallest absolute Gasteiger partial charge is 0.264 e. The molecule has 0 atom stereocenters. The first-order chi connectivity index (χ1) is 11.0. The van der Waals surface area contributed by atoms with Gasteiger partial charge in [0.25, 0.3) is 5.91 Å². The topological polar surface area (TPSA) is 61.7 Å². The van der Waals surface area contributed by atoms with E-state index in [4.69, 9.17) is 11.6 Å². The SMILES string of the molecule is O=C1NC(=Nc2ccccc2Cl)S/C1=C\c1ccc(O)c(F)c1. The van der Waals surface area contributed by atoms with Crippen LogP contribution in [0.4, 0.5) is 10.1 Å². The van der Waals surface area contributed by atoms with E-state index in [-0.39, 0.29) is 5.91 Å². The van der Waals surface area contributed by atoms with Gasteiger partial charge >= 0.3 is 0 Å². The number of hydrogen-bond acceptors (Lipinski definition) is 4. The van der Waals surface area contributed by atoms with Gasteiger partial charge in [0.15, 0.2) is 16.7 Å². The van der Waals surface area contributed by atoms with Gasteiger partial charge in [-0.05, 0) is 47.7 Å². The van der Waals surface area contributed by atoms with Gasteiger partial charge in [0, 0.05) is 0 Å². The Bertz CT molecular complexity index is 852.